The molecule has 0 aliphatic carbocycles. The molecule has 0 aromatic rings. The van der Waals surface area contributed by atoms with Gasteiger partial charge in [-0.25, -0.2) is 0 Å². The SMILES string of the molecule is CCOC(=O)C(C)(C)CCCCOCCCCBr. The zero-order chi connectivity index (χ0) is 13.9. The van der Waals surface area contributed by atoms with Crippen LogP contribution in [-0.2, 0) is 14.3 Å². The van der Waals surface area contributed by atoms with Crippen molar-refractivity contribution < 1.29 is 14.3 Å². The van der Waals surface area contributed by atoms with Crippen LogP contribution in [0.15, 0.2) is 0 Å². The van der Waals surface area contributed by atoms with Crippen LogP contribution in [0.3, 0.4) is 0 Å². The predicted molar refractivity (Wildman–Crippen MR) is 78.1 cm³/mol. The maximum Gasteiger partial charge on any atom is 0.311 e. The van der Waals surface area contributed by atoms with Gasteiger partial charge in [0.1, 0.15) is 0 Å². The summed E-state index contributed by atoms with van der Waals surface area (Å²) in [5, 5.41) is 1.05. The first-order valence-corrected chi connectivity index (χ1v) is 7.97. The first kappa shape index (κ1) is 17.9. The van der Waals surface area contributed by atoms with Crippen molar-refractivity contribution in [2.24, 2.45) is 5.41 Å². The number of hydrogen-bond donors (Lipinski definition) is 0. The van der Waals surface area contributed by atoms with Crippen molar-refractivity contribution in [1.29, 1.82) is 0 Å². The lowest BCUT2D eigenvalue weighted by Crippen LogP contribution is -2.26. The maximum absolute atomic E-state index is 11.6. The van der Waals surface area contributed by atoms with Crippen LogP contribution in [-0.4, -0.2) is 31.1 Å². The van der Waals surface area contributed by atoms with E-state index in [1.165, 1.54) is 0 Å². The van der Waals surface area contributed by atoms with Gasteiger partial charge < -0.3 is 9.47 Å². The molecule has 0 saturated heterocycles. The molecule has 0 aromatic heterocycles. The summed E-state index contributed by atoms with van der Waals surface area (Å²) in [5.41, 5.74) is -0.369. The van der Waals surface area contributed by atoms with Crippen LogP contribution >= 0.6 is 15.9 Å². The number of alkyl halides is 1. The van der Waals surface area contributed by atoms with E-state index in [4.69, 9.17) is 9.47 Å². The molecule has 0 aliphatic rings. The number of carbonyl (C=O) groups is 1. The Balaban J connectivity index is 3.49. The average Bonchev–Trinajstić information content (AvgIpc) is 2.33. The fourth-order valence-electron chi connectivity index (χ4n) is 1.60. The van der Waals surface area contributed by atoms with Crippen LogP contribution in [0.1, 0.15) is 52.9 Å². The molecule has 0 aliphatic heterocycles. The van der Waals surface area contributed by atoms with Crippen molar-refractivity contribution >= 4 is 21.9 Å². The van der Waals surface area contributed by atoms with Crippen molar-refractivity contribution in [1.82, 2.24) is 0 Å². The topological polar surface area (TPSA) is 35.5 Å². The van der Waals surface area contributed by atoms with E-state index in [1.54, 1.807) is 0 Å². The zero-order valence-corrected chi connectivity index (χ0v) is 13.6. The molecule has 0 saturated carbocycles. The standard InChI is InChI=1S/C14H27BrO3/c1-4-18-13(16)14(2,3)9-5-7-11-17-12-8-6-10-15/h4-12H2,1-3H3. The van der Waals surface area contributed by atoms with Crippen LogP contribution < -0.4 is 0 Å². The Morgan fingerprint density at radius 2 is 1.72 bits per heavy atom. The van der Waals surface area contributed by atoms with Gasteiger partial charge in [0.05, 0.1) is 12.0 Å². The third kappa shape index (κ3) is 8.92. The Labute approximate surface area is 120 Å². The molecule has 0 amide bonds. The minimum atomic E-state index is -0.369. The summed E-state index contributed by atoms with van der Waals surface area (Å²) in [4.78, 5) is 11.6. The maximum atomic E-state index is 11.6. The fourth-order valence-corrected chi connectivity index (χ4v) is 2.00. The number of unbranched alkanes of at least 4 members (excludes halogenated alkanes) is 2. The number of esters is 1. The summed E-state index contributed by atoms with van der Waals surface area (Å²) in [6.45, 7) is 7.82. The highest BCUT2D eigenvalue weighted by molar-refractivity contribution is 9.09. The van der Waals surface area contributed by atoms with Gasteiger partial charge in [0.25, 0.3) is 0 Å². The van der Waals surface area contributed by atoms with E-state index in [0.29, 0.717) is 6.61 Å². The quantitative estimate of drug-likeness (QED) is 0.328. The molecule has 4 heteroatoms. The molecule has 0 unspecified atom stereocenters. The highest BCUT2D eigenvalue weighted by Gasteiger charge is 2.28. The molecule has 3 nitrogen and oxygen atoms in total. The van der Waals surface area contributed by atoms with Gasteiger partial charge >= 0.3 is 5.97 Å². The van der Waals surface area contributed by atoms with Crippen LogP contribution in [0.25, 0.3) is 0 Å². The fraction of sp³-hybridized carbons (Fsp3) is 0.929. The third-order valence-corrected chi connectivity index (χ3v) is 3.40. The summed E-state index contributed by atoms with van der Waals surface area (Å²) in [6.07, 6.45) is 5.15. The summed E-state index contributed by atoms with van der Waals surface area (Å²) in [5.74, 6) is -0.0942. The number of hydrogen-bond acceptors (Lipinski definition) is 3. The van der Waals surface area contributed by atoms with Gasteiger partial charge in [0.15, 0.2) is 0 Å². The number of carbonyl (C=O) groups excluding carboxylic acids is 1. The summed E-state index contributed by atoms with van der Waals surface area (Å²) in [6, 6.07) is 0. The monoisotopic (exact) mass is 322 g/mol. The average molecular weight is 323 g/mol. The van der Waals surface area contributed by atoms with Gasteiger partial charge in [-0.15, -0.1) is 0 Å². The molecule has 0 radical (unpaired) electrons. The second-order valence-corrected chi connectivity index (χ2v) is 5.86. The van der Waals surface area contributed by atoms with Crippen molar-refractivity contribution in [2.75, 3.05) is 25.2 Å². The van der Waals surface area contributed by atoms with Crippen LogP contribution in [0, 0.1) is 5.41 Å². The predicted octanol–water partition coefficient (Wildman–Crippen LogP) is 3.94. The Hall–Kier alpha value is -0.0900. The number of rotatable bonds is 11. The first-order valence-electron chi connectivity index (χ1n) is 6.85. The highest BCUT2D eigenvalue weighted by atomic mass is 79.9. The second kappa shape index (κ2) is 10.8. The minimum absolute atomic E-state index is 0.0942. The van der Waals surface area contributed by atoms with E-state index in [0.717, 1.165) is 50.6 Å². The minimum Gasteiger partial charge on any atom is -0.466 e. The molecule has 0 fully saturated rings. The molecule has 18 heavy (non-hydrogen) atoms. The lowest BCUT2D eigenvalue weighted by atomic mass is 9.87. The van der Waals surface area contributed by atoms with E-state index < -0.39 is 0 Å². The normalized spacial score (nSPS) is 11.6. The van der Waals surface area contributed by atoms with Gasteiger partial charge in [0.2, 0.25) is 0 Å². The molecule has 0 aromatic carbocycles. The zero-order valence-electron chi connectivity index (χ0n) is 12.0. The molecule has 0 bridgehead atoms. The highest BCUT2D eigenvalue weighted by Crippen LogP contribution is 2.24. The van der Waals surface area contributed by atoms with E-state index in [1.807, 2.05) is 20.8 Å². The molecular formula is C14H27BrO3. The summed E-state index contributed by atoms with van der Waals surface area (Å²) in [7, 11) is 0. The van der Waals surface area contributed by atoms with Gasteiger partial charge in [0, 0.05) is 18.5 Å². The van der Waals surface area contributed by atoms with E-state index in [9.17, 15) is 4.79 Å². The molecule has 0 atom stereocenters. The lowest BCUT2D eigenvalue weighted by molar-refractivity contribution is -0.153. The smallest absolute Gasteiger partial charge is 0.311 e. The largest absolute Gasteiger partial charge is 0.466 e. The van der Waals surface area contributed by atoms with Gasteiger partial charge in [-0.1, -0.05) is 22.4 Å². The molecule has 0 heterocycles. The van der Waals surface area contributed by atoms with Crippen LogP contribution in [0.4, 0.5) is 0 Å². The Bertz CT molecular complexity index is 217. The van der Waals surface area contributed by atoms with Crippen molar-refractivity contribution in [2.45, 2.75) is 52.9 Å². The van der Waals surface area contributed by atoms with Gasteiger partial charge in [-0.3, -0.25) is 4.79 Å². The Kier molecular flexibility index (Phi) is 10.7. The van der Waals surface area contributed by atoms with Crippen LogP contribution in [0.5, 0.6) is 0 Å². The molecule has 0 spiro atoms. The molecule has 108 valence electrons. The van der Waals surface area contributed by atoms with Gasteiger partial charge in [-0.05, 0) is 46.5 Å². The molecular weight excluding hydrogens is 296 g/mol. The first-order chi connectivity index (χ1) is 8.54. The Morgan fingerprint density at radius 1 is 1.11 bits per heavy atom. The summed E-state index contributed by atoms with van der Waals surface area (Å²) >= 11 is 3.39. The lowest BCUT2D eigenvalue weighted by Gasteiger charge is -2.21. The van der Waals surface area contributed by atoms with Crippen LogP contribution in [0.2, 0.25) is 0 Å². The van der Waals surface area contributed by atoms with Crippen molar-refractivity contribution in [3.05, 3.63) is 0 Å². The number of halogens is 1. The Morgan fingerprint density at radius 3 is 2.28 bits per heavy atom. The van der Waals surface area contributed by atoms with Crippen molar-refractivity contribution in [3.63, 3.8) is 0 Å². The molecule has 0 rings (SSSR count). The van der Waals surface area contributed by atoms with Crippen molar-refractivity contribution in [3.8, 4) is 0 Å². The second-order valence-electron chi connectivity index (χ2n) is 5.07. The third-order valence-electron chi connectivity index (χ3n) is 2.84. The van der Waals surface area contributed by atoms with E-state index in [-0.39, 0.29) is 11.4 Å². The number of ether oxygens (including phenoxy) is 2. The summed E-state index contributed by atoms with van der Waals surface area (Å²) < 4.78 is 10.6. The van der Waals surface area contributed by atoms with Gasteiger partial charge in [-0.2, -0.15) is 0 Å². The van der Waals surface area contributed by atoms with E-state index >= 15 is 0 Å². The molecule has 0 N–H and O–H groups in total. The van der Waals surface area contributed by atoms with E-state index in [2.05, 4.69) is 15.9 Å².